The smallest absolute Gasteiger partial charge is 0.387 e. The Kier molecular flexibility index (Phi) is 8.30. The third-order valence-corrected chi connectivity index (χ3v) is 5.87. The predicted octanol–water partition coefficient (Wildman–Crippen LogP) is 3.48. The van der Waals surface area contributed by atoms with Gasteiger partial charge in [0.25, 0.3) is 0 Å². The molecule has 1 unspecified atom stereocenters. The fourth-order valence-corrected chi connectivity index (χ4v) is 4.32. The molecule has 1 aromatic carbocycles. The summed E-state index contributed by atoms with van der Waals surface area (Å²) in [5.74, 6) is 0.943. The molecule has 1 aliphatic heterocycles. The minimum absolute atomic E-state index is 0.174. The van der Waals surface area contributed by atoms with Crippen molar-refractivity contribution in [3.05, 3.63) is 41.2 Å². The zero-order chi connectivity index (χ0) is 23.1. The van der Waals surface area contributed by atoms with Crippen LogP contribution in [0.4, 0.5) is 14.5 Å². The summed E-state index contributed by atoms with van der Waals surface area (Å²) in [5.41, 5.74) is 4.61. The van der Waals surface area contributed by atoms with Gasteiger partial charge in [0.2, 0.25) is 0 Å². The van der Waals surface area contributed by atoms with E-state index in [-0.39, 0.29) is 11.8 Å². The Morgan fingerprint density at radius 3 is 2.62 bits per heavy atom. The van der Waals surface area contributed by atoms with Crippen LogP contribution in [0.3, 0.4) is 0 Å². The summed E-state index contributed by atoms with van der Waals surface area (Å²) < 4.78 is 31.2. The van der Waals surface area contributed by atoms with Crippen molar-refractivity contribution in [1.82, 2.24) is 20.4 Å². The molecular weight excluding hydrogens is 414 g/mol. The van der Waals surface area contributed by atoms with Gasteiger partial charge < -0.3 is 20.3 Å². The molecule has 2 N–H and O–H groups in total. The summed E-state index contributed by atoms with van der Waals surface area (Å²) in [7, 11) is 3.78. The van der Waals surface area contributed by atoms with Gasteiger partial charge in [0, 0.05) is 56.7 Å². The van der Waals surface area contributed by atoms with Gasteiger partial charge in [-0.2, -0.15) is 13.9 Å². The number of guanidine groups is 1. The quantitative estimate of drug-likeness (QED) is 0.478. The molecular formula is C23H34F2N6O. The summed E-state index contributed by atoms with van der Waals surface area (Å²) in [5, 5.41) is 11.6. The zero-order valence-corrected chi connectivity index (χ0v) is 19.4. The normalized spacial score (nSPS) is 17.0. The van der Waals surface area contributed by atoms with E-state index in [1.54, 1.807) is 19.2 Å². The lowest BCUT2D eigenvalue weighted by atomic mass is 10.0. The number of alkyl halides is 2. The van der Waals surface area contributed by atoms with Crippen molar-refractivity contribution in [2.24, 2.45) is 12.0 Å². The summed E-state index contributed by atoms with van der Waals surface area (Å²) in [6.07, 6.45) is 3.91. The van der Waals surface area contributed by atoms with E-state index in [9.17, 15) is 8.78 Å². The molecule has 0 spiro atoms. The highest BCUT2D eigenvalue weighted by atomic mass is 19.3. The first kappa shape index (κ1) is 23.8. The first-order chi connectivity index (χ1) is 15.4. The summed E-state index contributed by atoms with van der Waals surface area (Å²) in [6, 6.07) is 7.06. The number of hydrogen-bond acceptors (Lipinski definition) is 4. The van der Waals surface area contributed by atoms with Gasteiger partial charge in [-0.15, -0.1) is 0 Å². The predicted molar refractivity (Wildman–Crippen MR) is 124 cm³/mol. The standard InChI is InChI=1S/C23H34F2N6O/c1-5-20-19(21(6-2)30(4)29-20)14-27-23(26-3)28-16-8-7-13-31(15-16)17-9-11-18(12-10-17)32-22(24)25/h9-12,16,22H,5-8,13-15H2,1-4H3,(H2,26,27,28). The van der Waals surface area contributed by atoms with E-state index in [0.717, 1.165) is 56.1 Å². The molecule has 32 heavy (non-hydrogen) atoms. The number of aromatic nitrogens is 2. The van der Waals surface area contributed by atoms with Crippen molar-refractivity contribution in [2.45, 2.75) is 58.7 Å². The molecule has 176 valence electrons. The van der Waals surface area contributed by atoms with Crippen molar-refractivity contribution in [3.63, 3.8) is 0 Å². The molecule has 0 radical (unpaired) electrons. The highest BCUT2D eigenvalue weighted by Gasteiger charge is 2.22. The fraction of sp³-hybridized carbons (Fsp3) is 0.565. The van der Waals surface area contributed by atoms with Crippen LogP contribution in [0.1, 0.15) is 43.6 Å². The summed E-state index contributed by atoms with van der Waals surface area (Å²) in [6.45, 7) is 3.88. The van der Waals surface area contributed by atoms with E-state index >= 15 is 0 Å². The van der Waals surface area contributed by atoms with Gasteiger partial charge in [0.1, 0.15) is 5.75 Å². The molecule has 0 bridgehead atoms. The van der Waals surface area contributed by atoms with Crippen LogP contribution in [0.25, 0.3) is 0 Å². The molecule has 1 aliphatic rings. The van der Waals surface area contributed by atoms with Crippen LogP contribution in [-0.2, 0) is 26.4 Å². The van der Waals surface area contributed by atoms with Crippen LogP contribution >= 0.6 is 0 Å². The van der Waals surface area contributed by atoms with Crippen LogP contribution in [-0.4, -0.2) is 48.5 Å². The molecule has 9 heteroatoms. The third kappa shape index (κ3) is 5.89. The highest BCUT2D eigenvalue weighted by molar-refractivity contribution is 5.80. The fourth-order valence-electron chi connectivity index (χ4n) is 4.32. The zero-order valence-electron chi connectivity index (χ0n) is 19.4. The molecule has 3 rings (SSSR count). The first-order valence-electron chi connectivity index (χ1n) is 11.3. The topological polar surface area (TPSA) is 66.7 Å². The van der Waals surface area contributed by atoms with Crippen molar-refractivity contribution < 1.29 is 13.5 Å². The number of hydrogen-bond donors (Lipinski definition) is 2. The SMILES string of the molecule is CCc1nn(C)c(CC)c1CNC(=NC)NC1CCCN(c2ccc(OC(F)F)cc2)C1. The van der Waals surface area contributed by atoms with Crippen molar-refractivity contribution in [1.29, 1.82) is 0 Å². The Balaban J connectivity index is 1.59. The van der Waals surface area contributed by atoms with Crippen LogP contribution < -0.4 is 20.3 Å². The lowest BCUT2D eigenvalue weighted by Crippen LogP contribution is -2.51. The largest absolute Gasteiger partial charge is 0.435 e. The van der Waals surface area contributed by atoms with E-state index in [1.165, 1.54) is 11.3 Å². The van der Waals surface area contributed by atoms with Gasteiger partial charge in [-0.05, 0) is 49.9 Å². The molecule has 2 aromatic rings. The number of benzene rings is 1. The van der Waals surface area contributed by atoms with Gasteiger partial charge in [-0.25, -0.2) is 0 Å². The highest BCUT2D eigenvalue weighted by Crippen LogP contribution is 2.24. The van der Waals surface area contributed by atoms with Gasteiger partial charge in [0.15, 0.2) is 5.96 Å². The second-order valence-corrected chi connectivity index (χ2v) is 7.93. The lowest BCUT2D eigenvalue weighted by molar-refractivity contribution is -0.0498. The Bertz CT molecular complexity index is 897. The third-order valence-electron chi connectivity index (χ3n) is 5.87. The molecule has 2 heterocycles. The molecule has 1 aromatic heterocycles. The summed E-state index contributed by atoms with van der Waals surface area (Å²) in [4.78, 5) is 6.67. The lowest BCUT2D eigenvalue weighted by Gasteiger charge is -2.35. The molecule has 0 aliphatic carbocycles. The van der Waals surface area contributed by atoms with E-state index < -0.39 is 6.61 Å². The number of anilines is 1. The second kappa shape index (κ2) is 11.2. The maximum atomic E-state index is 12.4. The van der Waals surface area contributed by atoms with Gasteiger partial charge in [-0.1, -0.05) is 13.8 Å². The Morgan fingerprint density at radius 1 is 1.25 bits per heavy atom. The minimum Gasteiger partial charge on any atom is -0.435 e. The summed E-state index contributed by atoms with van der Waals surface area (Å²) >= 11 is 0. The van der Waals surface area contributed by atoms with Crippen molar-refractivity contribution >= 4 is 11.6 Å². The van der Waals surface area contributed by atoms with E-state index in [2.05, 4.69) is 44.2 Å². The van der Waals surface area contributed by atoms with Crippen molar-refractivity contribution in [3.8, 4) is 5.75 Å². The van der Waals surface area contributed by atoms with Crippen LogP contribution in [0, 0.1) is 0 Å². The number of aryl methyl sites for hydroxylation is 2. The van der Waals surface area contributed by atoms with Crippen LogP contribution in [0.15, 0.2) is 29.3 Å². The molecule has 1 atom stereocenters. The number of halogens is 2. The Hall–Kier alpha value is -2.84. The number of ether oxygens (including phenoxy) is 1. The van der Waals surface area contributed by atoms with Gasteiger partial charge in [0.05, 0.1) is 5.69 Å². The molecule has 1 saturated heterocycles. The van der Waals surface area contributed by atoms with Gasteiger partial charge >= 0.3 is 6.61 Å². The second-order valence-electron chi connectivity index (χ2n) is 7.93. The molecule has 7 nitrogen and oxygen atoms in total. The van der Waals surface area contributed by atoms with Gasteiger partial charge in [-0.3, -0.25) is 9.67 Å². The maximum absolute atomic E-state index is 12.4. The average Bonchev–Trinajstić information content (AvgIpc) is 3.11. The Morgan fingerprint density at radius 2 is 2.00 bits per heavy atom. The van der Waals surface area contributed by atoms with E-state index in [0.29, 0.717) is 6.54 Å². The first-order valence-corrected chi connectivity index (χ1v) is 11.3. The molecule has 0 saturated carbocycles. The van der Waals surface area contributed by atoms with E-state index in [1.807, 2.05) is 23.9 Å². The van der Waals surface area contributed by atoms with E-state index in [4.69, 9.17) is 0 Å². The monoisotopic (exact) mass is 448 g/mol. The Labute approximate surface area is 188 Å². The van der Waals surface area contributed by atoms with Crippen LogP contribution in [0.5, 0.6) is 5.75 Å². The number of aliphatic imine (C=N–C) groups is 1. The number of nitrogens with one attached hydrogen (secondary N) is 2. The number of nitrogens with zero attached hydrogens (tertiary/aromatic N) is 4. The maximum Gasteiger partial charge on any atom is 0.387 e. The molecule has 0 amide bonds. The van der Waals surface area contributed by atoms with Crippen LogP contribution in [0.2, 0.25) is 0 Å². The minimum atomic E-state index is -2.81. The number of piperidine rings is 1. The number of rotatable bonds is 8. The van der Waals surface area contributed by atoms with Crippen molar-refractivity contribution in [2.75, 3.05) is 25.0 Å². The average molecular weight is 449 g/mol. The molecule has 1 fully saturated rings.